The number of halogens is 1. The molecule has 196 valence electrons. The van der Waals surface area contributed by atoms with Gasteiger partial charge >= 0.3 is 0 Å². The zero-order valence-electron chi connectivity index (χ0n) is 21.3. The predicted molar refractivity (Wildman–Crippen MR) is 145 cm³/mol. The highest BCUT2D eigenvalue weighted by Crippen LogP contribution is 2.27. The van der Waals surface area contributed by atoms with Crippen LogP contribution in [-0.4, -0.2) is 52.3 Å². The number of nitrogens with one attached hydrogen (secondary N) is 1. The van der Waals surface area contributed by atoms with Gasteiger partial charge in [0.2, 0.25) is 11.8 Å². The molecule has 0 aliphatic heterocycles. The highest BCUT2D eigenvalue weighted by Gasteiger charge is 2.34. The number of H-pyrrole nitrogens is 1. The molecule has 1 fully saturated rings. The highest BCUT2D eigenvalue weighted by atomic mass is 19.1. The van der Waals surface area contributed by atoms with Crippen molar-refractivity contribution in [1.82, 2.24) is 14.8 Å². The van der Waals surface area contributed by atoms with Gasteiger partial charge in [-0.25, -0.2) is 4.39 Å². The summed E-state index contributed by atoms with van der Waals surface area (Å²) in [5, 5.41) is 1.13. The van der Waals surface area contributed by atoms with Crippen LogP contribution in [0.5, 0.6) is 0 Å². The maximum Gasteiger partial charge on any atom is 0.249 e. The number of para-hydroxylation sites is 1. The quantitative estimate of drug-likeness (QED) is 0.287. The van der Waals surface area contributed by atoms with E-state index in [1.54, 1.807) is 21.9 Å². The zero-order chi connectivity index (χ0) is 26.3. The molecule has 3 aromatic carbocycles. The normalized spacial score (nSPS) is 13.0. The molecule has 1 aromatic heterocycles. The van der Waals surface area contributed by atoms with Crippen molar-refractivity contribution in [2.75, 3.05) is 19.7 Å². The maximum absolute atomic E-state index is 13.6. The predicted octanol–water partition coefficient (Wildman–Crippen LogP) is 5.09. The van der Waals surface area contributed by atoms with Gasteiger partial charge in [-0.2, -0.15) is 0 Å². The molecule has 38 heavy (non-hydrogen) atoms. The third kappa shape index (κ3) is 6.66. The Morgan fingerprint density at radius 2 is 1.63 bits per heavy atom. The van der Waals surface area contributed by atoms with Crippen molar-refractivity contribution in [2.45, 2.75) is 38.5 Å². The second kappa shape index (κ2) is 12.0. The lowest BCUT2D eigenvalue weighted by Gasteiger charge is -2.28. The molecule has 5 rings (SSSR count). The van der Waals surface area contributed by atoms with Crippen molar-refractivity contribution in [3.05, 3.63) is 108 Å². The minimum atomic E-state index is -0.313. The SMILES string of the molecule is O=C(CN(C(=O)COCc1ccccc1)C1CC1)N(CCc1c[nH]c2ccccc12)Cc1ccc(F)cc1. The summed E-state index contributed by atoms with van der Waals surface area (Å²) in [5.41, 5.74) is 4.02. The Morgan fingerprint density at radius 1 is 0.895 bits per heavy atom. The number of hydrogen-bond donors (Lipinski definition) is 1. The first-order chi connectivity index (χ1) is 18.6. The van der Waals surface area contributed by atoms with Gasteiger partial charge in [0.15, 0.2) is 0 Å². The molecule has 0 spiro atoms. The molecule has 0 atom stereocenters. The first-order valence-electron chi connectivity index (χ1n) is 13.0. The number of ether oxygens (including phenoxy) is 1. The Kier molecular flexibility index (Phi) is 8.14. The van der Waals surface area contributed by atoms with Gasteiger partial charge in [0.25, 0.3) is 0 Å². The number of aromatic nitrogens is 1. The van der Waals surface area contributed by atoms with Crippen LogP contribution in [0.2, 0.25) is 0 Å². The summed E-state index contributed by atoms with van der Waals surface area (Å²) in [7, 11) is 0. The van der Waals surface area contributed by atoms with E-state index in [4.69, 9.17) is 4.74 Å². The van der Waals surface area contributed by atoms with Crippen molar-refractivity contribution in [3.8, 4) is 0 Å². The summed E-state index contributed by atoms with van der Waals surface area (Å²) in [4.78, 5) is 33.4. The van der Waals surface area contributed by atoms with E-state index in [-0.39, 0.29) is 36.8 Å². The summed E-state index contributed by atoms with van der Waals surface area (Å²) in [5.74, 6) is -0.612. The van der Waals surface area contributed by atoms with Crippen molar-refractivity contribution < 1.29 is 18.7 Å². The van der Waals surface area contributed by atoms with Gasteiger partial charge in [-0.1, -0.05) is 60.7 Å². The Morgan fingerprint density at radius 3 is 2.39 bits per heavy atom. The summed E-state index contributed by atoms with van der Waals surface area (Å²) < 4.78 is 19.2. The van der Waals surface area contributed by atoms with Crippen LogP contribution in [0, 0.1) is 5.82 Å². The lowest BCUT2D eigenvalue weighted by molar-refractivity contribution is -0.144. The van der Waals surface area contributed by atoms with Gasteiger partial charge in [0.1, 0.15) is 19.0 Å². The molecule has 0 unspecified atom stereocenters. The molecule has 1 heterocycles. The third-order valence-corrected chi connectivity index (χ3v) is 6.92. The number of aromatic amines is 1. The summed E-state index contributed by atoms with van der Waals surface area (Å²) in [6.07, 6.45) is 4.43. The Labute approximate surface area is 222 Å². The van der Waals surface area contributed by atoms with E-state index in [1.807, 2.05) is 54.7 Å². The second-order valence-corrected chi connectivity index (χ2v) is 9.78. The van der Waals surface area contributed by atoms with Crippen molar-refractivity contribution in [3.63, 3.8) is 0 Å². The van der Waals surface area contributed by atoms with E-state index >= 15 is 0 Å². The van der Waals surface area contributed by atoms with Crippen LogP contribution < -0.4 is 0 Å². The number of nitrogens with zero attached hydrogens (tertiary/aromatic N) is 2. The van der Waals surface area contributed by atoms with E-state index in [2.05, 4.69) is 11.1 Å². The molecule has 1 aliphatic rings. The average molecular weight is 514 g/mol. The molecule has 1 saturated carbocycles. The van der Waals surface area contributed by atoms with E-state index in [9.17, 15) is 14.0 Å². The lowest BCUT2D eigenvalue weighted by Crippen LogP contribution is -2.45. The van der Waals surface area contributed by atoms with Gasteiger partial charge in [-0.15, -0.1) is 0 Å². The molecular weight excluding hydrogens is 481 g/mol. The number of hydrogen-bond acceptors (Lipinski definition) is 3. The summed E-state index contributed by atoms with van der Waals surface area (Å²) >= 11 is 0. The second-order valence-electron chi connectivity index (χ2n) is 9.78. The maximum atomic E-state index is 13.6. The summed E-state index contributed by atoms with van der Waals surface area (Å²) in [6, 6.07) is 24.1. The Hall–Kier alpha value is -3.97. The lowest BCUT2D eigenvalue weighted by atomic mass is 10.1. The largest absolute Gasteiger partial charge is 0.367 e. The van der Waals surface area contributed by atoms with Crippen LogP contribution in [-0.2, 0) is 33.9 Å². The average Bonchev–Trinajstić information content (AvgIpc) is 3.70. The van der Waals surface area contributed by atoms with Gasteiger partial charge in [-0.3, -0.25) is 9.59 Å². The van der Waals surface area contributed by atoms with Crippen LogP contribution in [0.25, 0.3) is 10.9 Å². The molecule has 0 radical (unpaired) electrons. The molecule has 0 saturated heterocycles. The molecule has 4 aromatic rings. The van der Waals surface area contributed by atoms with Crippen LogP contribution in [0.4, 0.5) is 4.39 Å². The number of benzene rings is 3. The van der Waals surface area contributed by atoms with E-state index in [0.29, 0.717) is 26.1 Å². The van der Waals surface area contributed by atoms with Gasteiger partial charge in [-0.05, 0) is 54.2 Å². The first kappa shape index (κ1) is 25.7. The Bertz CT molecular complexity index is 1370. The minimum Gasteiger partial charge on any atom is -0.367 e. The standard InChI is InChI=1S/C31H32FN3O3/c32-26-12-10-23(11-13-26)19-34(17-16-25-18-33-29-9-5-4-8-28(25)29)30(36)20-35(27-14-15-27)31(37)22-38-21-24-6-2-1-3-7-24/h1-13,18,27,33H,14-17,19-22H2. The van der Waals surface area contributed by atoms with Crippen molar-refractivity contribution >= 4 is 22.7 Å². The molecular formula is C31H32FN3O3. The number of carbonyl (C=O) groups is 2. The molecule has 1 aliphatic carbocycles. The molecule has 2 amide bonds. The third-order valence-electron chi connectivity index (χ3n) is 6.92. The zero-order valence-corrected chi connectivity index (χ0v) is 21.3. The smallest absolute Gasteiger partial charge is 0.249 e. The molecule has 0 bridgehead atoms. The fourth-order valence-corrected chi connectivity index (χ4v) is 4.66. The van der Waals surface area contributed by atoms with Crippen LogP contribution in [0.3, 0.4) is 0 Å². The summed E-state index contributed by atoms with van der Waals surface area (Å²) in [6.45, 7) is 1.12. The number of carbonyl (C=O) groups excluding carboxylic acids is 2. The van der Waals surface area contributed by atoms with Crippen molar-refractivity contribution in [1.29, 1.82) is 0 Å². The fraction of sp³-hybridized carbons (Fsp3) is 0.290. The van der Waals surface area contributed by atoms with E-state index in [1.165, 1.54) is 12.1 Å². The number of fused-ring (bicyclic) bond motifs is 1. The molecule has 7 heteroatoms. The van der Waals surface area contributed by atoms with Gasteiger partial charge < -0.3 is 19.5 Å². The van der Waals surface area contributed by atoms with Gasteiger partial charge in [0, 0.05) is 36.2 Å². The van der Waals surface area contributed by atoms with Crippen LogP contribution in [0.1, 0.15) is 29.5 Å². The molecule has 1 N–H and O–H groups in total. The fourth-order valence-electron chi connectivity index (χ4n) is 4.66. The number of rotatable bonds is 12. The first-order valence-corrected chi connectivity index (χ1v) is 13.0. The van der Waals surface area contributed by atoms with Gasteiger partial charge in [0.05, 0.1) is 6.61 Å². The minimum absolute atomic E-state index is 0.00722. The van der Waals surface area contributed by atoms with Crippen molar-refractivity contribution in [2.24, 2.45) is 0 Å². The van der Waals surface area contributed by atoms with Crippen LogP contribution >= 0.6 is 0 Å². The topological polar surface area (TPSA) is 65.6 Å². The Balaban J connectivity index is 1.25. The highest BCUT2D eigenvalue weighted by molar-refractivity contribution is 5.86. The number of amides is 2. The van der Waals surface area contributed by atoms with E-state index in [0.717, 1.165) is 40.4 Å². The van der Waals surface area contributed by atoms with E-state index < -0.39 is 0 Å². The molecule has 6 nitrogen and oxygen atoms in total. The van der Waals surface area contributed by atoms with Crippen LogP contribution in [0.15, 0.2) is 85.1 Å². The monoisotopic (exact) mass is 513 g/mol.